The fourth-order valence-corrected chi connectivity index (χ4v) is 3.25. The Morgan fingerprint density at radius 2 is 2.06 bits per heavy atom. The number of piperidine rings is 1. The first-order valence-corrected chi connectivity index (χ1v) is 10.6. The molecule has 0 spiro atoms. The molecule has 9 nitrogen and oxygen atoms in total. The normalized spacial score (nSPS) is 14.4. The number of aromatic nitrogens is 2. The molecule has 1 amide bonds. The van der Waals surface area contributed by atoms with Crippen molar-refractivity contribution in [2.45, 2.75) is 45.8 Å². The Morgan fingerprint density at radius 3 is 2.72 bits per heavy atom. The maximum Gasteiger partial charge on any atom is 0.410 e. The number of carbonyl (C=O) groups is 1. The van der Waals surface area contributed by atoms with Crippen molar-refractivity contribution in [1.82, 2.24) is 14.9 Å². The Bertz CT molecular complexity index is 919. The molecule has 2 N–H and O–H groups in total. The van der Waals surface area contributed by atoms with Crippen LogP contribution in [0.2, 0.25) is 0 Å². The highest BCUT2D eigenvalue weighted by Gasteiger charge is 2.26. The average Bonchev–Trinajstić information content (AvgIpc) is 2.76. The van der Waals surface area contributed by atoms with Crippen LogP contribution in [0, 0.1) is 12.7 Å². The zero-order valence-corrected chi connectivity index (χ0v) is 18.5. The molecule has 1 fully saturated rings. The highest BCUT2D eigenvalue weighted by Crippen LogP contribution is 2.29. The standard InChI is InChI=1S/C22H29FN4O5/c1-14(2)31-22(29)27-8-6-16(7-9-27)32-21-15(3)20(24-13-25-21)26-19-5-4-17(12-18(19)23)30-11-10-28/h4-5,12-14,16,28H,6-11H2,1-3H3,(H,24,25,26). The molecule has 3 rings (SSSR count). The van der Waals surface area contributed by atoms with Crippen LogP contribution < -0.4 is 14.8 Å². The van der Waals surface area contributed by atoms with Crippen molar-refractivity contribution in [2.24, 2.45) is 0 Å². The van der Waals surface area contributed by atoms with Crippen molar-refractivity contribution in [1.29, 1.82) is 0 Å². The number of rotatable bonds is 8. The number of anilines is 2. The Morgan fingerprint density at radius 1 is 1.31 bits per heavy atom. The van der Waals surface area contributed by atoms with Gasteiger partial charge in [0.1, 0.15) is 36.4 Å². The van der Waals surface area contributed by atoms with Gasteiger partial charge < -0.3 is 29.5 Å². The number of ether oxygens (including phenoxy) is 3. The molecule has 1 aliphatic rings. The van der Waals surface area contributed by atoms with E-state index in [4.69, 9.17) is 19.3 Å². The van der Waals surface area contributed by atoms with E-state index in [1.165, 1.54) is 18.5 Å². The number of hydrogen-bond donors (Lipinski definition) is 2. The molecular formula is C22H29FN4O5. The maximum atomic E-state index is 14.4. The predicted octanol–water partition coefficient (Wildman–Crippen LogP) is 3.43. The second-order valence-electron chi connectivity index (χ2n) is 7.73. The predicted molar refractivity (Wildman–Crippen MR) is 116 cm³/mol. The Labute approximate surface area is 186 Å². The van der Waals surface area contributed by atoms with E-state index in [0.717, 1.165) is 0 Å². The minimum Gasteiger partial charge on any atom is -0.491 e. The van der Waals surface area contributed by atoms with Gasteiger partial charge in [-0.25, -0.2) is 19.2 Å². The molecular weight excluding hydrogens is 419 g/mol. The fourth-order valence-electron chi connectivity index (χ4n) is 3.25. The quantitative estimate of drug-likeness (QED) is 0.633. The highest BCUT2D eigenvalue weighted by molar-refractivity contribution is 5.68. The van der Waals surface area contributed by atoms with Crippen molar-refractivity contribution in [3.8, 4) is 11.6 Å². The van der Waals surface area contributed by atoms with Crippen LogP contribution >= 0.6 is 0 Å². The molecule has 0 aliphatic carbocycles. The lowest BCUT2D eigenvalue weighted by molar-refractivity contribution is 0.0505. The summed E-state index contributed by atoms with van der Waals surface area (Å²) in [6.07, 6.45) is 2.11. The molecule has 1 aliphatic heterocycles. The Hall–Kier alpha value is -3.14. The first kappa shape index (κ1) is 23.5. The maximum absolute atomic E-state index is 14.4. The minimum atomic E-state index is -0.512. The van der Waals surface area contributed by atoms with E-state index in [1.807, 2.05) is 13.8 Å². The molecule has 10 heteroatoms. The molecule has 2 heterocycles. The summed E-state index contributed by atoms with van der Waals surface area (Å²) in [6, 6.07) is 4.38. The summed E-state index contributed by atoms with van der Waals surface area (Å²) in [7, 11) is 0. The smallest absolute Gasteiger partial charge is 0.410 e. The number of aliphatic hydroxyl groups excluding tert-OH is 1. The third-order valence-corrected chi connectivity index (χ3v) is 4.91. The summed E-state index contributed by atoms with van der Waals surface area (Å²) in [5.41, 5.74) is 0.875. The van der Waals surface area contributed by atoms with Gasteiger partial charge in [-0.15, -0.1) is 0 Å². The van der Waals surface area contributed by atoms with E-state index >= 15 is 0 Å². The second kappa shape index (κ2) is 10.9. The van der Waals surface area contributed by atoms with Crippen LogP contribution in [0.3, 0.4) is 0 Å². The van der Waals surface area contributed by atoms with Gasteiger partial charge in [-0.1, -0.05) is 0 Å². The number of nitrogens with zero attached hydrogens (tertiary/aromatic N) is 3. The summed E-state index contributed by atoms with van der Waals surface area (Å²) in [4.78, 5) is 22.1. The van der Waals surface area contributed by atoms with E-state index in [1.54, 1.807) is 17.9 Å². The van der Waals surface area contributed by atoms with E-state index in [0.29, 0.717) is 48.9 Å². The van der Waals surface area contributed by atoms with Gasteiger partial charge in [0.2, 0.25) is 5.88 Å². The largest absolute Gasteiger partial charge is 0.491 e. The molecule has 0 bridgehead atoms. The van der Waals surface area contributed by atoms with Gasteiger partial charge >= 0.3 is 6.09 Å². The lowest BCUT2D eigenvalue weighted by atomic mass is 10.1. The van der Waals surface area contributed by atoms with E-state index < -0.39 is 5.82 Å². The molecule has 0 saturated carbocycles. The van der Waals surface area contributed by atoms with Gasteiger partial charge in [0.15, 0.2) is 0 Å². The topological polar surface area (TPSA) is 106 Å². The molecule has 32 heavy (non-hydrogen) atoms. The molecule has 1 aromatic carbocycles. The van der Waals surface area contributed by atoms with Crippen LogP contribution in [-0.4, -0.2) is 64.6 Å². The number of benzene rings is 1. The number of aliphatic hydroxyl groups is 1. The zero-order chi connectivity index (χ0) is 23.1. The third kappa shape index (κ3) is 6.19. The lowest BCUT2D eigenvalue weighted by Gasteiger charge is -2.32. The first-order valence-electron chi connectivity index (χ1n) is 10.6. The van der Waals surface area contributed by atoms with Gasteiger partial charge in [0, 0.05) is 32.0 Å². The molecule has 0 unspecified atom stereocenters. The summed E-state index contributed by atoms with van der Waals surface area (Å²) in [5.74, 6) is 0.653. The van der Waals surface area contributed by atoms with Crippen molar-refractivity contribution in [3.05, 3.63) is 35.9 Å². The van der Waals surface area contributed by atoms with Gasteiger partial charge in [-0.3, -0.25) is 0 Å². The monoisotopic (exact) mass is 448 g/mol. The van der Waals surface area contributed by atoms with E-state index in [9.17, 15) is 9.18 Å². The third-order valence-electron chi connectivity index (χ3n) is 4.91. The molecule has 1 saturated heterocycles. The number of hydrogen-bond acceptors (Lipinski definition) is 8. The van der Waals surface area contributed by atoms with Crippen molar-refractivity contribution in [2.75, 3.05) is 31.6 Å². The minimum absolute atomic E-state index is 0.0930. The van der Waals surface area contributed by atoms with Gasteiger partial charge in [-0.05, 0) is 32.9 Å². The molecule has 2 aromatic rings. The zero-order valence-electron chi connectivity index (χ0n) is 18.5. The van der Waals surface area contributed by atoms with Crippen LogP contribution in [0.4, 0.5) is 20.7 Å². The van der Waals surface area contributed by atoms with Gasteiger partial charge in [0.25, 0.3) is 0 Å². The SMILES string of the molecule is Cc1c(Nc2ccc(OCCO)cc2F)ncnc1OC1CCN(C(=O)OC(C)C)CC1. The number of nitrogens with one attached hydrogen (secondary N) is 1. The summed E-state index contributed by atoms with van der Waals surface area (Å²) < 4.78 is 30.9. The van der Waals surface area contributed by atoms with Crippen LogP contribution in [0.1, 0.15) is 32.3 Å². The van der Waals surface area contributed by atoms with Crippen LogP contribution in [0.15, 0.2) is 24.5 Å². The second-order valence-corrected chi connectivity index (χ2v) is 7.73. The summed E-state index contributed by atoms with van der Waals surface area (Å²) in [5, 5.41) is 11.8. The van der Waals surface area contributed by atoms with Gasteiger partial charge in [0.05, 0.1) is 24.0 Å². The van der Waals surface area contributed by atoms with Gasteiger partial charge in [-0.2, -0.15) is 0 Å². The number of amides is 1. The van der Waals surface area contributed by atoms with Crippen LogP contribution in [0.25, 0.3) is 0 Å². The number of carbonyl (C=O) groups excluding carboxylic acids is 1. The van der Waals surface area contributed by atoms with Crippen molar-refractivity contribution >= 4 is 17.6 Å². The van der Waals surface area contributed by atoms with Crippen LogP contribution in [0.5, 0.6) is 11.6 Å². The highest BCUT2D eigenvalue weighted by atomic mass is 19.1. The van der Waals surface area contributed by atoms with Crippen molar-refractivity contribution in [3.63, 3.8) is 0 Å². The summed E-state index contributed by atoms with van der Waals surface area (Å²) in [6.45, 7) is 6.47. The Balaban J connectivity index is 1.61. The van der Waals surface area contributed by atoms with Crippen molar-refractivity contribution < 1.29 is 28.5 Å². The number of likely N-dealkylation sites (tertiary alicyclic amines) is 1. The number of halogens is 1. The van der Waals surface area contributed by atoms with E-state index in [2.05, 4.69) is 15.3 Å². The summed E-state index contributed by atoms with van der Waals surface area (Å²) >= 11 is 0. The lowest BCUT2D eigenvalue weighted by Crippen LogP contribution is -2.42. The Kier molecular flexibility index (Phi) is 8.04. The molecule has 1 aromatic heterocycles. The van der Waals surface area contributed by atoms with Crippen LogP contribution in [-0.2, 0) is 4.74 Å². The average molecular weight is 448 g/mol. The van der Waals surface area contributed by atoms with E-state index in [-0.39, 0.29) is 37.2 Å². The fraction of sp³-hybridized carbons (Fsp3) is 0.500. The first-order chi connectivity index (χ1) is 15.4. The molecule has 174 valence electrons. The molecule has 0 atom stereocenters. The molecule has 0 radical (unpaired) electrons.